The van der Waals surface area contributed by atoms with Crippen LogP contribution in [0.3, 0.4) is 0 Å². The number of guanidine groups is 1. The summed E-state index contributed by atoms with van der Waals surface area (Å²) in [4.78, 5) is 10.7. The summed E-state index contributed by atoms with van der Waals surface area (Å²) in [6.45, 7) is 8.75. The monoisotopic (exact) mass is 418 g/mol. The second kappa shape index (κ2) is 10.5. The standard InChI is InChI=1S/C21H31FN6O2/c1-3-24-20(26-14-21(2,29)15-27-8-10-30-11-9-27)25-13-17-4-5-19(18(22)12-17)28-7-6-23-16-28/h4-7,12,16,29H,3,8-11,13-15H2,1-2H3,(H2,24,25,26). The van der Waals surface area contributed by atoms with Crippen molar-refractivity contribution in [3.8, 4) is 5.69 Å². The molecule has 1 atom stereocenters. The first-order valence-corrected chi connectivity index (χ1v) is 10.3. The summed E-state index contributed by atoms with van der Waals surface area (Å²) in [5.41, 5.74) is 0.296. The van der Waals surface area contributed by atoms with Crippen molar-refractivity contribution in [3.05, 3.63) is 48.3 Å². The van der Waals surface area contributed by atoms with E-state index in [9.17, 15) is 9.50 Å². The third kappa shape index (κ3) is 6.51. The Hall–Kier alpha value is -2.49. The molecule has 9 heteroatoms. The van der Waals surface area contributed by atoms with Crippen LogP contribution in [0.1, 0.15) is 19.4 Å². The molecule has 1 fully saturated rings. The van der Waals surface area contributed by atoms with E-state index in [2.05, 4.69) is 25.5 Å². The Labute approximate surface area is 176 Å². The highest BCUT2D eigenvalue weighted by Crippen LogP contribution is 2.15. The van der Waals surface area contributed by atoms with Gasteiger partial charge >= 0.3 is 0 Å². The summed E-state index contributed by atoms with van der Waals surface area (Å²) in [7, 11) is 0. The minimum absolute atomic E-state index is 0.321. The zero-order chi connectivity index (χ0) is 21.4. The lowest BCUT2D eigenvalue weighted by atomic mass is 10.1. The number of hydrogen-bond donors (Lipinski definition) is 3. The molecule has 0 radical (unpaired) electrons. The Morgan fingerprint density at radius 1 is 1.33 bits per heavy atom. The first-order chi connectivity index (χ1) is 14.5. The Balaban J connectivity index is 1.58. The zero-order valence-corrected chi connectivity index (χ0v) is 17.6. The molecule has 1 aliphatic rings. The molecular weight excluding hydrogens is 387 g/mol. The zero-order valence-electron chi connectivity index (χ0n) is 17.6. The van der Waals surface area contributed by atoms with Gasteiger partial charge in [0.05, 0.1) is 37.4 Å². The van der Waals surface area contributed by atoms with Gasteiger partial charge in [-0.05, 0) is 31.5 Å². The normalized spacial score (nSPS) is 17.5. The molecule has 1 aliphatic heterocycles. The van der Waals surface area contributed by atoms with Gasteiger partial charge in [0, 0.05) is 45.1 Å². The van der Waals surface area contributed by atoms with Crippen molar-refractivity contribution in [2.75, 3.05) is 45.9 Å². The number of nitrogens with zero attached hydrogens (tertiary/aromatic N) is 4. The quantitative estimate of drug-likeness (QED) is 0.440. The molecule has 30 heavy (non-hydrogen) atoms. The maximum absolute atomic E-state index is 14.4. The summed E-state index contributed by atoms with van der Waals surface area (Å²) in [5, 5.41) is 17.1. The summed E-state index contributed by atoms with van der Waals surface area (Å²) in [5.74, 6) is 0.256. The number of ether oxygens (including phenoxy) is 1. The maximum Gasteiger partial charge on any atom is 0.191 e. The van der Waals surface area contributed by atoms with Gasteiger partial charge < -0.3 is 25.0 Å². The van der Waals surface area contributed by atoms with Crippen LogP contribution >= 0.6 is 0 Å². The Kier molecular flexibility index (Phi) is 7.78. The van der Waals surface area contributed by atoms with Crippen molar-refractivity contribution < 1.29 is 14.2 Å². The van der Waals surface area contributed by atoms with Gasteiger partial charge in [-0.3, -0.25) is 4.90 Å². The van der Waals surface area contributed by atoms with E-state index in [-0.39, 0.29) is 5.82 Å². The minimum Gasteiger partial charge on any atom is -0.387 e. The van der Waals surface area contributed by atoms with Crippen molar-refractivity contribution in [1.29, 1.82) is 0 Å². The molecule has 8 nitrogen and oxygen atoms in total. The van der Waals surface area contributed by atoms with Crippen LogP contribution in [0.5, 0.6) is 0 Å². The summed E-state index contributed by atoms with van der Waals surface area (Å²) in [6, 6.07) is 5.05. The fourth-order valence-electron chi connectivity index (χ4n) is 3.34. The van der Waals surface area contributed by atoms with Crippen molar-refractivity contribution in [3.63, 3.8) is 0 Å². The van der Waals surface area contributed by atoms with Crippen molar-refractivity contribution in [2.24, 2.45) is 4.99 Å². The van der Waals surface area contributed by atoms with E-state index in [1.165, 1.54) is 6.07 Å². The molecule has 0 aliphatic carbocycles. The average molecular weight is 419 g/mol. The number of nitrogens with one attached hydrogen (secondary N) is 2. The summed E-state index contributed by atoms with van der Waals surface area (Å²) >= 11 is 0. The van der Waals surface area contributed by atoms with Gasteiger partial charge in [0.2, 0.25) is 0 Å². The maximum atomic E-state index is 14.4. The molecule has 2 aromatic rings. The highest BCUT2D eigenvalue weighted by atomic mass is 19.1. The fourth-order valence-corrected chi connectivity index (χ4v) is 3.34. The molecule has 1 unspecified atom stereocenters. The number of β-amino-alcohol motifs (C(OH)–C–C–N with tert-alkyl or cyclic N) is 1. The Bertz CT molecular complexity index is 819. The number of morpholine rings is 1. The van der Waals surface area contributed by atoms with Crippen LogP contribution < -0.4 is 10.6 Å². The van der Waals surface area contributed by atoms with Crippen LogP contribution in [-0.4, -0.2) is 77.1 Å². The van der Waals surface area contributed by atoms with Crippen LogP contribution in [-0.2, 0) is 11.3 Å². The average Bonchev–Trinajstić information content (AvgIpc) is 3.25. The molecule has 0 spiro atoms. The van der Waals surface area contributed by atoms with E-state index in [0.717, 1.165) is 18.7 Å². The van der Waals surface area contributed by atoms with Gasteiger partial charge in [0.25, 0.3) is 0 Å². The minimum atomic E-state index is -0.911. The van der Waals surface area contributed by atoms with Crippen LogP contribution in [0.2, 0.25) is 0 Å². The molecule has 3 rings (SSSR count). The molecule has 1 aromatic heterocycles. The Morgan fingerprint density at radius 2 is 2.13 bits per heavy atom. The lowest BCUT2D eigenvalue weighted by molar-refractivity contribution is -0.0201. The van der Waals surface area contributed by atoms with Gasteiger partial charge in [-0.15, -0.1) is 0 Å². The molecule has 164 valence electrons. The highest BCUT2D eigenvalue weighted by molar-refractivity contribution is 5.79. The van der Waals surface area contributed by atoms with Crippen LogP contribution in [0.15, 0.2) is 41.9 Å². The molecule has 0 saturated carbocycles. The number of rotatable bonds is 8. The predicted octanol–water partition coefficient (Wildman–Crippen LogP) is 1.15. The molecule has 0 bridgehead atoms. The highest BCUT2D eigenvalue weighted by Gasteiger charge is 2.25. The van der Waals surface area contributed by atoms with Gasteiger partial charge in [-0.1, -0.05) is 6.07 Å². The number of benzene rings is 1. The van der Waals surface area contributed by atoms with Crippen molar-refractivity contribution in [2.45, 2.75) is 26.0 Å². The lowest BCUT2D eigenvalue weighted by Gasteiger charge is -2.34. The summed E-state index contributed by atoms with van der Waals surface area (Å²) in [6.07, 6.45) is 4.87. The smallest absolute Gasteiger partial charge is 0.191 e. The number of imidazole rings is 1. The largest absolute Gasteiger partial charge is 0.387 e. The molecule has 0 amide bonds. The van der Waals surface area contributed by atoms with E-state index in [1.807, 2.05) is 19.9 Å². The van der Waals surface area contributed by atoms with Gasteiger partial charge in [-0.2, -0.15) is 0 Å². The second-order valence-electron chi connectivity index (χ2n) is 7.69. The Morgan fingerprint density at radius 3 is 2.80 bits per heavy atom. The molecule has 1 aromatic carbocycles. The van der Waals surface area contributed by atoms with Gasteiger partial charge in [0.1, 0.15) is 5.82 Å². The third-order valence-electron chi connectivity index (χ3n) is 4.86. The van der Waals surface area contributed by atoms with Crippen LogP contribution in [0.4, 0.5) is 4.39 Å². The van der Waals surface area contributed by atoms with Gasteiger partial charge in [-0.25, -0.2) is 14.4 Å². The van der Waals surface area contributed by atoms with Crippen molar-refractivity contribution >= 4 is 5.96 Å². The van der Waals surface area contributed by atoms with E-state index in [1.54, 1.807) is 29.4 Å². The topological polar surface area (TPSA) is 86.9 Å². The molecule has 2 heterocycles. The lowest BCUT2D eigenvalue weighted by Crippen LogP contribution is -2.52. The van der Waals surface area contributed by atoms with Crippen LogP contribution in [0, 0.1) is 5.82 Å². The number of halogens is 1. The summed E-state index contributed by atoms with van der Waals surface area (Å²) < 4.78 is 21.4. The second-order valence-corrected chi connectivity index (χ2v) is 7.69. The van der Waals surface area contributed by atoms with E-state index in [4.69, 9.17) is 4.74 Å². The SMILES string of the molecule is CCNC(=NCc1ccc(-n2ccnc2)c(F)c1)NCC(C)(O)CN1CCOCC1. The van der Waals surface area contributed by atoms with Gasteiger partial charge in [0.15, 0.2) is 5.96 Å². The third-order valence-corrected chi connectivity index (χ3v) is 4.86. The number of aliphatic hydroxyl groups is 1. The first-order valence-electron chi connectivity index (χ1n) is 10.3. The number of aromatic nitrogens is 2. The fraction of sp³-hybridized carbons (Fsp3) is 0.524. The first kappa shape index (κ1) is 22.2. The number of aliphatic imine (C=N–C) groups is 1. The molecule has 1 saturated heterocycles. The predicted molar refractivity (Wildman–Crippen MR) is 114 cm³/mol. The van der Waals surface area contributed by atoms with E-state index >= 15 is 0 Å². The molecular formula is C21H31FN6O2. The van der Waals surface area contributed by atoms with Crippen molar-refractivity contribution in [1.82, 2.24) is 25.1 Å². The number of hydrogen-bond acceptors (Lipinski definition) is 5. The van der Waals surface area contributed by atoms with E-state index in [0.29, 0.717) is 51.0 Å². The van der Waals surface area contributed by atoms with Crippen LogP contribution in [0.25, 0.3) is 5.69 Å². The molecule has 3 N–H and O–H groups in total. The van der Waals surface area contributed by atoms with E-state index < -0.39 is 5.60 Å².